The molecule has 0 unspecified atom stereocenters. The fourth-order valence-corrected chi connectivity index (χ4v) is 2.49. The van der Waals surface area contributed by atoms with Crippen molar-refractivity contribution >= 4 is 10.8 Å². The molecule has 0 aromatic heterocycles. The molecule has 0 aliphatic carbocycles. The van der Waals surface area contributed by atoms with Gasteiger partial charge in [-0.1, -0.05) is 55.5 Å². The van der Waals surface area contributed by atoms with Gasteiger partial charge in [0.15, 0.2) is 0 Å². The standard InChI is InChI=1S/C18H15F/c1-2-13-10-15(12-16(19)11-13)18-9-5-7-14-6-3-4-8-17(14)18/h3-12H,2H2,1H3. The Bertz CT molecular complexity index is 723. The first kappa shape index (κ1) is 11.9. The van der Waals surface area contributed by atoms with Crippen LogP contribution in [0.3, 0.4) is 0 Å². The third kappa shape index (κ3) is 2.24. The van der Waals surface area contributed by atoms with E-state index in [-0.39, 0.29) is 5.82 Å². The highest BCUT2D eigenvalue weighted by molar-refractivity contribution is 5.96. The summed E-state index contributed by atoms with van der Waals surface area (Å²) in [6, 6.07) is 19.7. The average Bonchev–Trinajstić information content (AvgIpc) is 2.46. The molecule has 19 heavy (non-hydrogen) atoms. The zero-order valence-corrected chi connectivity index (χ0v) is 10.9. The Kier molecular flexibility index (Phi) is 3.04. The van der Waals surface area contributed by atoms with Crippen LogP contribution in [0.5, 0.6) is 0 Å². The molecule has 3 rings (SSSR count). The summed E-state index contributed by atoms with van der Waals surface area (Å²) in [4.78, 5) is 0. The van der Waals surface area contributed by atoms with E-state index in [0.29, 0.717) is 0 Å². The van der Waals surface area contributed by atoms with Gasteiger partial charge in [0, 0.05) is 0 Å². The molecule has 0 atom stereocenters. The number of halogens is 1. The van der Waals surface area contributed by atoms with Crippen molar-refractivity contribution < 1.29 is 4.39 Å². The summed E-state index contributed by atoms with van der Waals surface area (Å²) >= 11 is 0. The maximum Gasteiger partial charge on any atom is 0.124 e. The molecule has 94 valence electrons. The molecule has 0 nitrogen and oxygen atoms in total. The third-order valence-electron chi connectivity index (χ3n) is 3.47. The first-order chi connectivity index (χ1) is 9.28. The van der Waals surface area contributed by atoms with E-state index >= 15 is 0 Å². The van der Waals surface area contributed by atoms with Crippen molar-refractivity contribution in [3.05, 3.63) is 72.0 Å². The van der Waals surface area contributed by atoms with Crippen LogP contribution in [0.15, 0.2) is 60.7 Å². The van der Waals surface area contributed by atoms with E-state index in [1.165, 1.54) is 5.39 Å². The quantitative estimate of drug-likeness (QED) is 0.585. The van der Waals surface area contributed by atoms with Crippen LogP contribution in [0, 0.1) is 5.82 Å². The lowest BCUT2D eigenvalue weighted by atomic mass is 9.96. The molecule has 0 saturated carbocycles. The molecule has 0 spiro atoms. The molecule has 0 N–H and O–H groups in total. The number of rotatable bonds is 2. The Labute approximate surface area is 112 Å². The van der Waals surface area contributed by atoms with Gasteiger partial charge in [-0.2, -0.15) is 0 Å². The lowest BCUT2D eigenvalue weighted by Gasteiger charge is -2.08. The number of hydrogen-bond acceptors (Lipinski definition) is 0. The zero-order chi connectivity index (χ0) is 13.2. The Hall–Kier alpha value is -2.15. The summed E-state index contributed by atoms with van der Waals surface area (Å²) in [7, 11) is 0. The second kappa shape index (κ2) is 4.85. The summed E-state index contributed by atoms with van der Waals surface area (Å²) in [6.45, 7) is 2.04. The van der Waals surface area contributed by atoms with Crippen LogP contribution < -0.4 is 0 Å². The van der Waals surface area contributed by atoms with Crippen molar-refractivity contribution in [3.63, 3.8) is 0 Å². The van der Waals surface area contributed by atoms with Crippen LogP contribution in [0.2, 0.25) is 0 Å². The van der Waals surface area contributed by atoms with Gasteiger partial charge >= 0.3 is 0 Å². The summed E-state index contributed by atoms with van der Waals surface area (Å²) in [5, 5.41) is 2.35. The van der Waals surface area contributed by atoms with E-state index in [1.807, 2.05) is 25.1 Å². The third-order valence-corrected chi connectivity index (χ3v) is 3.47. The molecule has 0 saturated heterocycles. The molecule has 3 aromatic rings. The predicted molar refractivity (Wildman–Crippen MR) is 78.7 cm³/mol. The largest absolute Gasteiger partial charge is 0.207 e. The Morgan fingerprint density at radius 2 is 1.68 bits per heavy atom. The lowest BCUT2D eigenvalue weighted by Crippen LogP contribution is -1.87. The number of aryl methyl sites for hydroxylation is 1. The SMILES string of the molecule is CCc1cc(F)cc(-c2cccc3ccccc23)c1. The smallest absolute Gasteiger partial charge is 0.124 e. The first-order valence-corrected chi connectivity index (χ1v) is 6.55. The number of hydrogen-bond donors (Lipinski definition) is 0. The molecular weight excluding hydrogens is 235 g/mol. The Morgan fingerprint density at radius 1 is 0.895 bits per heavy atom. The van der Waals surface area contributed by atoms with E-state index in [9.17, 15) is 4.39 Å². The molecule has 3 aromatic carbocycles. The van der Waals surface area contributed by atoms with Crippen LogP contribution in [-0.4, -0.2) is 0 Å². The van der Waals surface area contributed by atoms with Crippen LogP contribution in [0.1, 0.15) is 12.5 Å². The van der Waals surface area contributed by atoms with Crippen molar-refractivity contribution in [2.45, 2.75) is 13.3 Å². The second-order valence-electron chi connectivity index (χ2n) is 4.73. The van der Waals surface area contributed by atoms with Gasteiger partial charge in [-0.05, 0) is 46.0 Å². The molecule has 0 fully saturated rings. The van der Waals surface area contributed by atoms with Gasteiger partial charge in [-0.3, -0.25) is 0 Å². The monoisotopic (exact) mass is 250 g/mol. The van der Waals surface area contributed by atoms with Crippen molar-refractivity contribution in [1.82, 2.24) is 0 Å². The minimum absolute atomic E-state index is 0.165. The van der Waals surface area contributed by atoms with Crippen LogP contribution in [0.4, 0.5) is 4.39 Å². The topological polar surface area (TPSA) is 0 Å². The van der Waals surface area contributed by atoms with E-state index in [0.717, 1.165) is 28.5 Å². The highest BCUT2D eigenvalue weighted by Gasteiger charge is 2.06. The number of benzene rings is 3. The Morgan fingerprint density at radius 3 is 2.53 bits per heavy atom. The lowest BCUT2D eigenvalue weighted by molar-refractivity contribution is 0.626. The fourth-order valence-electron chi connectivity index (χ4n) is 2.49. The van der Waals surface area contributed by atoms with E-state index < -0.39 is 0 Å². The molecule has 0 radical (unpaired) electrons. The highest BCUT2D eigenvalue weighted by atomic mass is 19.1. The summed E-state index contributed by atoms with van der Waals surface area (Å²) in [6.07, 6.45) is 0.843. The van der Waals surface area contributed by atoms with Crippen LogP contribution >= 0.6 is 0 Å². The van der Waals surface area contributed by atoms with E-state index in [2.05, 4.69) is 30.3 Å². The van der Waals surface area contributed by atoms with Crippen molar-refractivity contribution in [2.24, 2.45) is 0 Å². The molecule has 0 amide bonds. The Balaban J connectivity index is 2.27. The summed E-state index contributed by atoms with van der Waals surface area (Å²) in [5.41, 5.74) is 3.07. The van der Waals surface area contributed by atoms with E-state index in [1.54, 1.807) is 12.1 Å². The van der Waals surface area contributed by atoms with Crippen molar-refractivity contribution in [1.29, 1.82) is 0 Å². The molecule has 0 bridgehead atoms. The fraction of sp³-hybridized carbons (Fsp3) is 0.111. The van der Waals surface area contributed by atoms with Gasteiger partial charge in [0.2, 0.25) is 0 Å². The van der Waals surface area contributed by atoms with Crippen LogP contribution in [0.25, 0.3) is 21.9 Å². The van der Waals surface area contributed by atoms with Crippen LogP contribution in [-0.2, 0) is 6.42 Å². The molecule has 0 heterocycles. The van der Waals surface area contributed by atoms with Gasteiger partial charge in [0.25, 0.3) is 0 Å². The van der Waals surface area contributed by atoms with Gasteiger partial charge < -0.3 is 0 Å². The first-order valence-electron chi connectivity index (χ1n) is 6.55. The normalized spacial score (nSPS) is 10.8. The predicted octanol–water partition coefficient (Wildman–Crippen LogP) is 5.21. The van der Waals surface area contributed by atoms with Gasteiger partial charge in [0.05, 0.1) is 0 Å². The van der Waals surface area contributed by atoms with Crippen molar-refractivity contribution in [2.75, 3.05) is 0 Å². The molecule has 0 aliphatic heterocycles. The maximum absolute atomic E-state index is 13.7. The highest BCUT2D eigenvalue weighted by Crippen LogP contribution is 2.29. The number of fused-ring (bicyclic) bond motifs is 1. The average molecular weight is 250 g/mol. The summed E-state index contributed by atoms with van der Waals surface area (Å²) < 4.78 is 13.7. The van der Waals surface area contributed by atoms with E-state index in [4.69, 9.17) is 0 Å². The zero-order valence-electron chi connectivity index (χ0n) is 10.9. The maximum atomic E-state index is 13.7. The molecular formula is C18H15F. The van der Waals surface area contributed by atoms with Crippen molar-refractivity contribution in [3.8, 4) is 11.1 Å². The minimum Gasteiger partial charge on any atom is -0.207 e. The van der Waals surface area contributed by atoms with Gasteiger partial charge in [0.1, 0.15) is 5.82 Å². The second-order valence-corrected chi connectivity index (χ2v) is 4.73. The van der Waals surface area contributed by atoms with Gasteiger partial charge in [-0.15, -0.1) is 0 Å². The minimum atomic E-state index is -0.165. The van der Waals surface area contributed by atoms with Gasteiger partial charge in [-0.25, -0.2) is 4.39 Å². The molecule has 0 aliphatic rings. The summed E-state index contributed by atoms with van der Waals surface area (Å²) in [5.74, 6) is -0.165. The molecule has 1 heteroatoms.